The second-order valence-electron chi connectivity index (χ2n) is 3.96. The Balaban J connectivity index is 2.38. The molecule has 0 fully saturated rings. The van der Waals surface area contributed by atoms with Crippen LogP contribution < -0.4 is 11.1 Å². The molecule has 0 aliphatic rings. The van der Waals surface area contributed by atoms with Crippen LogP contribution in [0.5, 0.6) is 0 Å². The molecule has 2 aromatic rings. The lowest BCUT2D eigenvalue weighted by molar-refractivity contribution is -0.384. The smallest absolute Gasteiger partial charge is 0.271 e. The van der Waals surface area contributed by atoms with Crippen molar-refractivity contribution < 1.29 is 4.92 Å². The van der Waals surface area contributed by atoms with Crippen LogP contribution in [0.4, 0.5) is 22.7 Å². The second kappa shape index (κ2) is 5.47. The first kappa shape index (κ1) is 13.6. The topological polar surface area (TPSA) is 105 Å². The zero-order valence-corrected chi connectivity index (χ0v) is 10.9. The van der Waals surface area contributed by atoms with Gasteiger partial charge in [-0.3, -0.25) is 10.1 Å². The van der Waals surface area contributed by atoms with Gasteiger partial charge in [0.1, 0.15) is 6.07 Å². The van der Waals surface area contributed by atoms with Crippen molar-refractivity contribution in [3.8, 4) is 6.07 Å². The number of nitrogens with zero attached hydrogens (tertiary/aromatic N) is 2. The Labute approximate surface area is 119 Å². The molecule has 2 aromatic carbocycles. The fraction of sp³-hybridized carbons (Fsp3) is 0. The zero-order valence-electron chi connectivity index (χ0n) is 10.1. The van der Waals surface area contributed by atoms with Crippen LogP contribution >= 0.6 is 11.6 Å². The number of nitrogens with one attached hydrogen (secondary N) is 1. The van der Waals surface area contributed by atoms with E-state index in [1.54, 1.807) is 18.2 Å². The van der Waals surface area contributed by atoms with Gasteiger partial charge in [-0.1, -0.05) is 11.6 Å². The molecule has 3 N–H and O–H groups in total. The van der Waals surface area contributed by atoms with Gasteiger partial charge in [0, 0.05) is 17.2 Å². The molecule has 0 aromatic heterocycles. The Kier molecular flexibility index (Phi) is 3.73. The number of nitro benzene ring substituents is 1. The van der Waals surface area contributed by atoms with Gasteiger partial charge in [-0.25, -0.2) is 0 Å². The van der Waals surface area contributed by atoms with E-state index in [4.69, 9.17) is 22.6 Å². The summed E-state index contributed by atoms with van der Waals surface area (Å²) in [5.41, 5.74) is 7.22. The second-order valence-corrected chi connectivity index (χ2v) is 4.39. The molecule has 6 nitrogen and oxygen atoms in total. The normalized spacial score (nSPS) is 9.80. The van der Waals surface area contributed by atoms with Crippen molar-refractivity contribution in [3.63, 3.8) is 0 Å². The number of rotatable bonds is 3. The molecule has 0 saturated heterocycles. The summed E-state index contributed by atoms with van der Waals surface area (Å²) in [4.78, 5) is 10.1. The van der Waals surface area contributed by atoms with Crippen LogP contribution in [0.3, 0.4) is 0 Å². The third-order valence-corrected chi connectivity index (χ3v) is 2.85. The monoisotopic (exact) mass is 288 g/mol. The summed E-state index contributed by atoms with van der Waals surface area (Å²) in [6, 6.07) is 10.8. The molecule has 0 spiro atoms. The van der Waals surface area contributed by atoms with Crippen LogP contribution in [-0.4, -0.2) is 4.92 Å². The third kappa shape index (κ3) is 2.79. The van der Waals surface area contributed by atoms with Gasteiger partial charge in [-0.15, -0.1) is 0 Å². The Bertz CT molecular complexity index is 725. The number of nitro groups is 1. The van der Waals surface area contributed by atoms with Gasteiger partial charge in [0.25, 0.3) is 5.69 Å². The molecule has 0 atom stereocenters. The van der Waals surface area contributed by atoms with E-state index in [2.05, 4.69) is 5.32 Å². The van der Waals surface area contributed by atoms with Crippen molar-refractivity contribution in [2.75, 3.05) is 11.1 Å². The van der Waals surface area contributed by atoms with Gasteiger partial charge in [0.2, 0.25) is 0 Å². The molecule has 100 valence electrons. The Morgan fingerprint density at radius 1 is 1.25 bits per heavy atom. The summed E-state index contributed by atoms with van der Waals surface area (Å²) in [7, 11) is 0. The van der Waals surface area contributed by atoms with Gasteiger partial charge in [0.05, 0.1) is 27.5 Å². The minimum absolute atomic E-state index is 0.0975. The summed E-state index contributed by atoms with van der Waals surface area (Å²) in [5, 5.41) is 23.1. The van der Waals surface area contributed by atoms with E-state index < -0.39 is 4.92 Å². The third-order valence-electron chi connectivity index (χ3n) is 2.62. The van der Waals surface area contributed by atoms with E-state index >= 15 is 0 Å². The highest BCUT2D eigenvalue weighted by atomic mass is 35.5. The summed E-state index contributed by atoms with van der Waals surface area (Å²) < 4.78 is 0. The van der Waals surface area contributed by atoms with Crippen molar-refractivity contribution in [2.24, 2.45) is 0 Å². The molecular formula is C13H9ClN4O2. The van der Waals surface area contributed by atoms with E-state index in [-0.39, 0.29) is 11.4 Å². The molecule has 0 aliphatic carbocycles. The maximum Gasteiger partial charge on any atom is 0.271 e. The SMILES string of the molecule is N#Cc1ccc(Cl)cc1Nc1ccc([N+](=O)[O-])cc1N. The van der Waals surface area contributed by atoms with Gasteiger partial charge in [0.15, 0.2) is 0 Å². The number of nitrogens with two attached hydrogens (primary N) is 1. The Hall–Kier alpha value is -2.78. The van der Waals surface area contributed by atoms with Gasteiger partial charge < -0.3 is 11.1 Å². The highest BCUT2D eigenvalue weighted by Gasteiger charge is 2.10. The maximum atomic E-state index is 10.6. The molecule has 0 heterocycles. The summed E-state index contributed by atoms with van der Waals surface area (Å²) >= 11 is 5.88. The van der Waals surface area contributed by atoms with Crippen molar-refractivity contribution in [1.82, 2.24) is 0 Å². The molecule has 20 heavy (non-hydrogen) atoms. The van der Waals surface area contributed by atoms with E-state index in [9.17, 15) is 10.1 Å². The molecule has 0 aliphatic heterocycles. The Morgan fingerprint density at radius 3 is 2.60 bits per heavy atom. The molecule has 0 amide bonds. The van der Waals surface area contributed by atoms with Gasteiger partial charge in [-0.2, -0.15) is 5.26 Å². The average Bonchev–Trinajstić information content (AvgIpc) is 2.41. The minimum Gasteiger partial charge on any atom is -0.397 e. The van der Waals surface area contributed by atoms with Crippen molar-refractivity contribution >= 4 is 34.4 Å². The van der Waals surface area contributed by atoms with Crippen LogP contribution in [0.25, 0.3) is 0 Å². The highest BCUT2D eigenvalue weighted by molar-refractivity contribution is 6.30. The minimum atomic E-state index is -0.528. The number of non-ortho nitro benzene ring substituents is 1. The van der Waals surface area contributed by atoms with E-state index in [1.165, 1.54) is 18.2 Å². The first-order valence-corrected chi connectivity index (χ1v) is 5.89. The quantitative estimate of drug-likeness (QED) is 0.511. The highest BCUT2D eigenvalue weighted by Crippen LogP contribution is 2.29. The summed E-state index contributed by atoms with van der Waals surface area (Å²) in [6.45, 7) is 0. The van der Waals surface area contributed by atoms with Crippen molar-refractivity contribution in [2.45, 2.75) is 0 Å². The lowest BCUT2D eigenvalue weighted by atomic mass is 10.1. The van der Waals surface area contributed by atoms with Crippen molar-refractivity contribution in [1.29, 1.82) is 5.26 Å². The lowest BCUT2D eigenvalue weighted by Gasteiger charge is -2.10. The standard InChI is InChI=1S/C13H9ClN4O2/c14-9-2-1-8(7-15)13(5-9)17-12-4-3-10(18(19)20)6-11(12)16/h1-6,17H,16H2. The van der Waals surface area contributed by atoms with E-state index in [0.717, 1.165) is 0 Å². The lowest BCUT2D eigenvalue weighted by Crippen LogP contribution is -1.99. The van der Waals surface area contributed by atoms with Crippen molar-refractivity contribution in [3.05, 3.63) is 57.1 Å². The molecule has 0 radical (unpaired) electrons. The van der Waals surface area contributed by atoms with Crippen LogP contribution in [0.2, 0.25) is 5.02 Å². The Morgan fingerprint density at radius 2 is 2.00 bits per heavy atom. The molecule has 0 saturated carbocycles. The molecule has 2 rings (SSSR count). The fourth-order valence-electron chi connectivity index (χ4n) is 1.64. The van der Waals surface area contributed by atoms with Crippen LogP contribution in [0, 0.1) is 21.4 Å². The van der Waals surface area contributed by atoms with Crippen LogP contribution in [0.15, 0.2) is 36.4 Å². The average molecular weight is 289 g/mol. The number of hydrogen-bond donors (Lipinski definition) is 2. The predicted octanol–water partition coefficient (Wildman–Crippen LogP) is 3.45. The number of nitrogen functional groups attached to an aromatic ring is 1. The molecule has 7 heteroatoms. The summed E-state index contributed by atoms with van der Waals surface area (Å²) in [6.07, 6.45) is 0. The molecule has 0 unspecified atom stereocenters. The first-order valence-electron chi connectivity index (χ1n) is 5.52. The van der Waals surface area contributed by atoms with Crippen LogP contribution in [0.1, 0.15) is 5.56 Å². The molecule has 0 bridgehead atoms. The van der Waals surface area contributed by atoms with E-state index in [0.29, 0.717) is 22.0 Å². The molecular weight excluding hydrogens is 280 g/mol. The maximum absolute atomic E-state index is 10.6. The number of hydrogen-bond acceptors (Lipinski definition) is 5. The van der Waals surface area contributed by atoms with Gasteiger partial charge in [-0.05, 0) is 24.3 Å². The number of anilines is 3. The largest absolute Gasteiger partial charge is 0.397 e. The van der Waals surface area contributed by atoms with Gasteiger partial charge >= 0.3 is 0 Å². The zero-order chi connectivity index (χ0) is 14.7. The fourth-order valence-corrected chi connectivity index (χ4v) is 1.81. The number of halogens is 1. The number of benzene rings is 2. The first-order chi connectivity index (χ1) is 9.51. The number of nitriles is 1. The predicted molar refractivity (Wildman–Crippen MR) is 77.0 cm³/mol. The van der Waals surface area contributed by atoms with Crippen LogP contribution in [-0.2, 0) is 0 Å². The van der Waals surface area contributed by atoms with E-state index in [1.807, 2.05) is 6.07 Å². The summed E-state index contributed by atoms with van der Waals surface area (Å²) in [5.74, 6) is 0.